The average molecular weight is 350 g/mol. The maximum Gasteiger partial charge on any atom is 0.331 e. The third kappa shape index (κ3) is 7.80. The number of ether oxygens (including phenoxy) is 1. The Bertz CT molecular complexity index is 565. The van der Waals surface area contributed by atoms with Gasteiger partial charge in [0.25, 0.3) is 0 Å². The van der Waals surface area contributed by atoms with Crippen molar-refractivity contribution in [2.75, 3.05) is 0 Å². The number of ketones is 1. The topological polar surface area (TPSA) is 83.8 Å². The van der Waals surface area contributed by atoms with Crippen LogP contribution in [0.2, 0.25) is 0 Å². The van der Waals surface area contributed by atoms with E-state index in [4.69, 9.17) is 4.74 Å². The summed E-state index contributed by atoms with van der Waals surface area (Å²) < 4.78 is 5.50. The van der Waals surface area contributed by atoms with Gasteiger partial charge in [-0.15, -0.1) is 0 Å². The Morgan fingerprint density at radius 3 is 2.52 bits per heavy atom. The SMILES string of the molecule is C=C1CC[C@@H](C(C)=O)[C@@H](OC(=O)/C=C/C(C)(C)O)/C=C(\C)CC[C@@H]1O. The maximum absolute atomic E-state index is 12.1. The number of hydrogen-bond donors (Lipinski definition) is 2. The molecule has 1 aliphatic carbocycles. The quantitative estimate of drug-likeness (QED) is 0.463. The molecule has 0 spiro atoms. The Kier molecular flexibility index (Phi) is 7.77. The number of carbonyl (C=O) groups is 2. The van der Waals surface area contributed by atoms with E-state index < -0.39 is 29.7 Å². The lowest BCUT2D eigenvalue weighted by atomic mass is 9.86. The normalized spacial score (nSPS) is 28.3. The summed E-state index contributed by atoms with van der Waals surface area (Å²) in [5.74, 6) is -1.16. The van der Waals surface area contributed by atoms with Gasteiger partial charge in [0.15, 0.2) is 0 Å². The van der Waals surface area contributed by atoms with Gasteiger partial charge in [-0.05, 0) is 71.1 Å². The fourth-order valence-electron chi connectivity index (χ4n) is 2.72. The first-order chi connectivity index (χ1) is 11.5. The third-order valence-corrected chi connectivity index (χ3v) is 4.31. The van der Waals surface area contributed by atoms with Gasteiger partial charge < -0.3 is 14.9 Å². The monoisotopic (exact) mass is 350 g/mol. The highest BCUT2D eigenvalue weighted by molar-refractivity contribution is 5.84. The lowest BCUT2D eigenvalue weighted by molar-refractivity contribution is -0.145. The molecule has 0 saturated heterocycles. The van der Waals surface area contributed by atoms with Crippen molar-refractivity contribution in [1.82, 2.24) is 0 Å². The van der Waals surface area contributed by atoms with E-state index in [1.165, 1.54) is 19.1 Å². The molecule has 3 atom stereocenters. The molecular formula is C20H30O5. The van der Waals surface area contributed by atoms with Crippen LogP contribution >= 0.6 is 0 Å². The van der Waals surface area contributed by atoms with Crippen LogP contribution in [0, 0.1) is 5.92 Å². The molecule has 5 heteroatoms. The van der Waals surface area contributed by atoms with Crippen molar-refractivity contribution < 1.29 is 24.5 Å². The Balaban J connectivity index is 3.03. The number of Topliss-reactive ketones (excluding diaryl/α,β-unsaturated/α-hetero) is 1. The van der Waals surface area contributed by atoms with Gasteiger partial charge in [-0.1, -0.05) is 12.2 Å². The van der Waals surface area contributed by atoms with Crippen LogP contribution in [0.5, 0.6) is 0 Å². The van der Waals surface area contributed by atoms with Crippen LogP contribution in [0.3, 0.4) is 0 Å². The minimum Gasteiger partial charge on any atom is -0.454 e. The standard InChI is InChI=1S/C20H30O5/c1-13-6-9-17(22)14(2)7-8-16(15(3)21)18(12-13)25-19(23)10-11-20(4,5)24/h10-12,16-18,22,24H,2,6-9H2,1,3-5H3/b11-10+,13-12+/t16-,17-,18-/m0/s1. The van der Waals surface area contributed by atoms with Gasteiger partial charge in [-0.25, -0.2) is 4.79 Å². The second-order valence-corrected chi connectivity index (χ2v) is 7.37. The van der Waals surface area contributed by atoms with E-state index in [0.717, 1.165) is 5.57 Å². The first-order valence-corrected chi connectivity index (χ1v) is 8.65. The van der Waals surface area contributed by atoms with Crippen LogP contribution in [-0.2, 0) is 14.3 Å². The summed E-state index contributed by atoms with van der Waals surface area (Å²) in [4.78, 5) is 24.2. The molecule has 140 valence electrons. The molecule has 0 bridgehead atoms. The van der Waals surface area contributed by atoms with E-state index in [1.54, 1.807) is 19.9 Å². The maximum atomic E-state index is 12.1. The van der Waals surface area contributed by atoms with Crippen molar-refractivity contribution in [3.63, 3.8) is 0 Å². The Labute approximate surface area is 150 Å². The van der Waals surface area contributed by atoms with Crippen LogP contribution in [0.4, 0.5) is 0 Å². The third-order valence-electron chi connectivity index (χ3n) is 4.31. The zero-order valence-corrected chi connectivity index (χ0v) is 15.6. The van der Waals surface area contributed by atoms with Gasteiger partial charge in [0.1, 0.15) is 11.9 Å². The van der Waals surface area contributed by atoms with Crippen LogP contribution in [0.15, 0.2) is 36.0 Å². The summed E-state index contributed by atoms with van der Waals surface area (Å²) in [6.07, 6.45) is 5.25. The van der Waals surface area contributed by atoms with Crippen molar-refractivity contribution in [3.05, 3.63) is 36.0 Å². The molecule has 0 aromatic heterocycles. The van der Waals surface area contributed by atoms with Gasteiger partial charge in [0.2, 0.25) is 0 Å². The molecule has 2 N–H and O–H groups in total. The predicted molar refractivity (Wildman–Crippen MR) is 96.9 cm³/mol. The number of carbonyl (C=O) groups excluding carboxylic acids is 2. The minimum absolute atomic E-state index is 0.0730. The van der Waals surface area contributed by atoms with Crippen molar-refractivity contribution in [2.45, 2.75) is 71.2 Å². The molecule has 0 aromatic carbocycles. The number of rotatable bonds is 4. The Morgan fingerprint density at radius 2 is 1.96 bits per heavy atom. The molecule has 0 amide bonds. The summed E-state index contributed by atoms with van der Waals surface area (Å²) in [5, 5.41) is 19.7. The highest BCUT2D eigenvalue weighted by atomic mass is 16.5. The van der Waals surface area contributed by atoms with Crippen molar-refractivity contribution >= 4 is 11.8 Å². The molecule has 0 saturated carbocycles. The lowest BCUT2D eigenvalue weighted by Crippen LogP contribution is -2.31. The number of esters is 1. The fraction of sp³-hybridized carbons (Fsp3) is 0.600. The lowest BCUT2D eigenvalue weighted by Gasteiger charge is -2.26. The minimum atomic E-state index is -1.12. The number of aliphatic hydroxyl groups is 2. The molecule has 1 aliphatic rings. The summed E-state index contributed by atoms with van der Waals surface area (Å²) in [6, 6.07) is 0. The van der Waals surface area contributed by atoms with E-state index >= 15 is 0 Å². The van der Waals surface area contributed by atoms with Gasteiger partial charge in [-0.2, -0.15) is 0 Å². The Hall–Kier alpha value is -1.72. The molecule has 25 heavy (non-hydrogen) atoms. The zero-order valence-electron chi connectivity index (χ0n) is 15.6. The van der Waals surface area contributed by atoms with Crippen LogP contribution in [0.25, 0.3) is 0 Å². The second-order valence-electron chi connectivity index (χ2n) is 7.37. The molecular weight excluding hydrogens is 320 g/mol. The highest BCUT2D eigenvalue weighted by Gasteiger charge is 2.28. The Morgan fingerprint density at radius 1 is 1.32 bits per heavy atom. The second kappa shape index (κ2) is 9.11. The van der Waals surface area contributed by atoms with Gasteiger partial charge in [0, 0.05) is 6.08 Å². The van der Waals surface area contributed by atoms with E-state index in [9.17, 15) is 19.8 Å². The number of aliphatic hydroxyl groups excluding tert-OH is 1. The van der Waals surface area contributed by atoms with Crippen molar-refractivity contribution in [1.29, 1.82) is 0 Å². The molecule has 0 unspecified atom stereocenters. The summed E-state index contributed by atoms with van der Waals surface area (Å²) in [5.41, 5.74) is 0.534. The smallest absolute Gasteiger partial charge is 0.331 e. The first-order valence-electron chi connectivity index (χ1n) is 8.65. The van der Waals surface area contributed by atoms with Crippen LogP contribution in [0.1, 0.15) is 53.4 Å². The molecule has 0 fully saturated rings. The number of allylic oxidation sites excluding steroid dienone is 1. The van der Waals surface area contributed by atoms with Crippen LogP contribution in [-0.4, -0.2) is 39.8 Å². The molecule has 1 rings (SSSR count). The molecule has 0 heterocycles. The molecule has 0 aromatic rings. The summed E-state index contributed by atoms with van der Waals surface area (Å²) in [7, 11) is 0. The summed E-state index contributed by atoms with van der Waals surface area (Å²) in [6.45, 7) is 10.4. The molecule has 5 nitrogen and oxygen atoms in total. The predicted octanol–water partition coefficient (Wildman–Crippen LogP) is 2.87. The van der Waals surface area contributed by atoms with Gasteiger partial charge in [0.05, 0.1) is 17.6 Å². The van der Waals surface area contributed by atoms with Gasteiger partial charge in [-0.3, -0.25) is 4.79 Å². The highest BCUT2D eigenvalue weighted by Crippen LogP contribution is 2.26. The van der Waals surface area contributed by atoms with E-state index in [0.29, 0.717) is 31.3 Å². The van der Waals surface area contributed by atoms with Crippen molar-refractivity contribution in [3.8, 4) is 0 Å². The van der Waals surface area contributed by atoms with Crippen LogP contribution < -0.4 is 0 Å². The fourth-order valence-corrected chi connectivity index (χ4v) is 2.72. The average Bonchev–Trinajstić information content (AvgIpc) is 2.48. The molecule has 0 radical (unpaired) electrons. The van der Waals surface area contributed by atoms with E-state index in [-0.39, 0.29) is 5.78 Å². The largest absolute Gasteiger partial charge is 0.454 e. The number of hydrogen-bond acceptors (Lipinski definition) is 5. The van der Waals surface area contributed by atoms with E-state index in [1.807, 2.05) is 6.92 Å². The molecule has 0 aliphatic heterocycles. The van der Waals surface area contributed by atoms with E-state index in [2.05, 4.69) is 6.58 Å². The summed E-state index contributed by atoms with van der Waals surface area (Å²) >= 11 is 0. The van der Waals surface area contributed by atoms with Crippen molar-refractivity contribution in [2.24, 2.45) is 5.92 Å². The van der Waals surface area contributed by atoms with Gasteiger partial charge >= 0.3 is 5.97 Å². The first kappa shape index (κ1) is 21.3. The zero-order chi connectivity index (χ0) is 19.2.